The monoisotopic (exact) mass is 442 g/mol. The lowest BCUT2D eigenvalue weighted by Crippen LogP contribution is -2.38. The average Bonchev–Trinajstić information content (AvgIpc) is 2.83. The zero-order chi connectivity index (χ0) is 23.0. The van der Waals surface area contributed by atoms with Gasteiger partial charge >= 0.3 is 12.1 Å². The fourth-order valence-corrected chi connectivity index (χ4v) is 3.10. The third-order valence-corrected chi connectivity index (χ3v) is 4.96. The van der Waals surface area contributed by atoms with Gasteiger partial charge in [0.1, 0.15) is 0 Å². The molecule has 2 atom stereocenters. The first-order chi connectivity index (χ1) is 15.6. The minimum Gasteiger partial charge on any atom is -0.387 e. The summed E-state index contributed by atoms with van der Waals surface area (Å²) in [5.74, 6) is 0. The van der Waals surface area contributed by atoms with Crippen LogP contribution >= 0.6 is 0 Å². The van der Waals surface area contributed by atoms with E-state index in [4.69, 9.17) is 0 Å². The van der Waals surface area contributed by atoms with E-state index in [0.717, 1.165) is 36.8 Å². The Morgan fingerprint density at radius 2 is 0.969 bits per heavy atom. The van der Waals surface area contributed by atoms with Crippen molar-refractivity contribution in [2.75, 3.05) is 26.2 Å². The van der Waals surface area contributed by atoms with Crippen LogP contribution < -0.4 is 21.3 Å². The lowest BCUT2D eigenvalue weighted by molar-refractivity contribution is 0.173. The molecule has 4 amide bonds. The summed E-state index contributed by atoms with van der Waals surface area (Å²) in [5, 5.41) is 30.9. The Bertz CT molecular complexity index is 722. The van der Waals surface area contributed by atoms with Crippen LogP contribution in [0, 0.1) is 0 Å². The minimum atomic E-state index is -0.728. The van der Waals surface area contributed by atoms with E-state index in [2.05, 4.69) is 21.3 Å². The number of aliphatic hydroxyl groups excluding tert-OH is 2. The van der Waals surface area contributed by atoms with E-state index in [1.54, 1.807) is 0 Å². The summed E-state index contributed by atoms with van der Waals surface area (Å²) in [6, 6.07) is 17.8. The van der Waals surface area contributed by atoms with Crippen molar-refractivity contribution >= 4 is 12.1 Å². The van der Waals surface area contributed by atoms with Gasteiger partial charge in [-0.15, -0.1) is 0 Å². The molecule has 8 heteroatoms. The fraction of sp³-hybridized carbons (Fsp3) is 0.417. The number of rotatable bonds is 13. The molecule has 0 radical (unpaired) electrons. The Morgan fingerprint density at radius 3 is 1.34 bits per heavy atom. The molecule has 0 unspecified atom stereocenters. The molecule has 174 valence electrons. The Hall–Kier alpha value is -3.10. The van der Waals surface area contributed by atoms with Crippen LogP contribution in [0.15, 0.2) is 60.7 Å². The van der Waals surface area contributed by atoms with Crippen LogP contribution in [-0.2, 0) is 0 Å². The molecule has 0 saturated heterocycles. The van der Waals surface area contributed by atoms with Gasteiger partial charge in [-0.3, -0.25) is 0 Å². The van der Waals surface area contributed by atoms with E-state index in [9.17, 15) is 19.8 Å². The molecule has 0 saturated carbocycles. The normalized spacial score (nSPS) is 12.4. The van der Waals surface area contributed by atoms with Crippen molar-refractivity contribution in [3.05, 3.63) is 71.8 Å². The van der Waals surface area contributed by atoms with Crippen molar-refractivity contribution in [1.29, 1.82) is 0 Å². The first-order valence-electron chi connectivity index (χ1n) is 11.1. The third-order valence-electron chi connectivity index (χ3n) is 4.96. The van der Waals surface area contributed by atoms with Crippen LogP contribution in [0.1, 0.15) is 49.0 Å². The molecule has 6 N–H and O–H groups in total. The van der Waals surface area contributed by atoms with Gasteiger partial charge in [0, 0.05) is 26.2 Å². The van der Waals surface area contributed by atoms with Crippen LogP contribution in [-0.4, -0.2) is 48.5 Å². The molecule has 0 bridgehead atoms. The van der Waals surface area contributed by atoms with E-state index in [1.165, 1.54) is 0 Å². The van der Waals surface area contributed by atoms with Crippen molar-refractivity contribution in [3.63, 3.8) is 0 Å². The average molecular weight is 443 g/mol. The maximum atomic E-state index is 11.8. The first kappa shape index (κ1) is 25.2. The number of unbranched alkanes of at least 4 members (excludes halogenated alkanes) is 3. The highest BCUT2D eigenvalue weighted by Crippen LogP contribution is 2.11. The number of aliphatic hydroxyl groups is 2. The molecule has 0 fully saturated rings. The summed E-state index contributed by atoms with van der Waals surface area (Å²) in [6.07, 6.45) is 2.08. The number of carbonyl (C=O) groups excluding carboxylic acids is 2. The predicted molar refractivity (Wildman–Crippen MR) is 124 cm³/mol. The van der Waals surface area contributed by atoms with E-state index in [0.29, 0.717) is 13.1 Å². The third kappa shape index (κ3) is 10.3. The van der Waals surface area contributed by atoms with Gasteiger partial charge in [-0.05, 0) is 24.0 Å². The van der Waals surface area contributed by atoms with Gasteiger partial charge < -0.3 is 31.5 Å². The number of nitrogens with one attached hydrogen (secondary N) is 4. The molecule has 2 aromatic carbocycles. The molecule has 0 aliphatic heterocycles. The quantitative estimate of drug-likeness (QED) is 0.267. The number of benzene rings is 2. The van der Waals surface area contributed by atoms with Gasteiger partial charge in [-0.2, -0.15) is 0 Å². The largest absolute Gasteiger partial charge is 0.387 e. The summed E-state index contributed by atoms with van der Waals surface area (Å²) >= 11 is 0. The second kappa shape index (κ2) is 14.8. The van der Waals surface area contributed by atoms with E-state index < -0.39 is 12.2 Å². The Balaban J connectivity index is 1.41. The second-order valence-electron chi connectivity index (χ2n) is 7.54. The van der Waals surface area contributed by atoms with Crippen molar-refractivity contribution in [1.82, 2.24) is 21.3 Å². The molecule has 2 rings (SSSR count). The number of urea groups is 2. The molecular weight excluding hydrogens is 408 g/mol. The Morgan fingerprint density at radius 1 is 0.594 bits per heavy atom. The molecule has 0 heterocycles. The van der Waals surface area contributed by atoms with Crippen LogP contribution in [0.3, 0.4) is 0 Å². The second-order valence-corrected chi connectivity index (χ2v) is 7.54. The van der Waals surface area contributed by atoms with Crippen molar-refractivity contribution < 1.29 is 19.8 Å². The molecular formula is C24H34N4O4. The summed E-state index contributed by atoms with van der Waals surface area (Å²) < 4.78 is 0. The fourth-order valence-electron chi connectivity index (χ4n) is 3.10. The Labute approximate surface area is 189 Å². The maximum Gasteiger partial charge on any atom is 0.314 e. The smallest absolute Gasteiger partial charge is 0.314 e. The van der Waals surface area contributed by atoms with Gasteiger partial charge in [0.2, 0.25) is 0 Å². The molecule has 0 aromatic heterocycles. The zero-order valence-electron chi connectivity index (χ0n) is 18.3. The number of carbonyl (C=O) groups is 2. The molecule has 0 spiro atoms. The van der Waals surface area contributed by atoms with Gasteiger partial charge in [0.05, 0.1) is 12.2 Å². The molecule has 0 aliphatic carbocycles. The highest BCUT2D eigenvalue weighted by molar-refractivity contribution is 5.74. The van der Waals surface area contributed by atoms with Crippen LogP contribution in [0.2, 0.25) is 0 Å². The SMILES string of the molecule is O=C(NCCCCCCNC(=O)NC[C@H](O)c1ccccc1)NC[C@H](O)c1ccccc1. The van der Waals surface area contributed by atoms with E-state index in [1.807, 2.05) is 60.7 Å². The molecule has 2 aromatic rings. The van der Waals surface area contributed by atoms with Crippen LogP contribution in [0.5, 0.6) is 0 Å². The molecule has 0 aliphatic rings. The standard InChI is InChI=1S/C24H34N4O4/c29-21(19-11-5-3-6-12-19)17-27-23(31)25-15-9-1-2-10-16-26-24(32)28-18-22(30)20-13-7-4-8-14-20/h3-8,11-14,21-22,29-30H,1-2,9-10,15-18H2,(H2,25,27,31)(H2,26,28,32)/t21-,22-/m0/s1. The van der Waals surface area contributed by atoms with Gasteiger partial charge in [0.25, 0.3) is 0 Å². The topological polar surface area (TPSA) is 123 Å². The summed E-state index contributed by atoms with van der Waals surface area (Å²) in [7, 11) is 0. The van der Waals surface area contributed by atoms with Crippen molar-refractivity contribution in [2.24, 2.45) is 0 Å². The zero-order valence-corrected chi connectivity index (χ0v) is 18.3. The maximum absolute atomic E-state index is 11.8. The van der Waals surface area contributed by atoms with E-state index >= 15 is 0 Å². The first-order valence-corrected chi connectivity index (χ1v) is 11.1. The predicted octanol–water partition coefficient (Wildman–Crippen LogP) is 2.61. The van der Waals surface area contributed by atoms with Crippen LogP contribution in [0.4, 0.5) is 9.59 Å². The molecule has 8 nitrogen and oxygen atoms in total. The lowest BCUT2D eigenvalue weighted by atomic mass is 10.1. The summed E-state index contributed by atoms with van der Waals surface area (Å²) in [5.41, 5.74) is 1.53. The number of amides is 4. The summed E-state index contributed by atoms with van der Waals surface area (Å²) in [4.78, 5) is 23.6. The Kier molecular flexibility index (Phi) is 11.7. The number of hydrogen-bond acceptors (Lipinski definition) is 4. The summed E-state index contributed by atoms with van der Waals surface area (Å²) in [6.45, 7) is 1.43. The number of hydrogen-bond donors (Lipinski definition) is 6. The highest BCUT2D eigenvalue weighted by atomic mass is 16.3. The van der Waals surface area contributed by atoms with Gasteiger partial charge in [-0.1, -0.05) is 73.5 Å². The molecule has 32 heavy (non-hydrogen) atoms. The minimum absolute atomic E-state index is 0.159. The van der Waals surface area contributed by atoms with Crippen LogP contribution in [0.25, 0.3) is 0 Å². The lowest BCUT2D eigenvalue weighted by Gasteiger charge is -2.13. The van der Waals surface area contributed by atoms with Gasteiger partial charge in [0.15, 0.2) is 0 Å². The van der Waals surface area contributed by atoms with Crippen molar-refractivity contribution in [3.8, 4) is 0 Å². The van der Waals surface area contributed by atoms with E-state index in [-0.39, 0.29) is 25.2 Å². The van der Waals surface area contributed by atoms with Crippen molar-refractivity contribution in [2.45, 2.75) is 37.9 Å². The van der Waals surface area contributed by atoms with Gasteiger partial charge in [-0.25, -0.2) is 9.59 Å². The highest BCUT2D eigenvalue weighted by Gasteiger charge is 2.09.